The molecular formula is C24H31NO6. The fourth-order valence-electron chi connectivity index (χ4n) is 3.50. The highest BCUT2D eigenvalue weighted by molar-refractivity contribution is 6.25. The number of allylic oxidation sites excluding steroid dienone is 2. The lowest BCUT2D eigenvalue weighted by atomic mass is 9.88. The lowest BCUT2D eigenvalue weighted by Gasteiger charge is -2.20. The van der Waals surface area contributed by atoms with E-state index in [1.165, 1.54) is 45.6 Å². The van der Waals surface area contributed by atoms with E-state index in [2.05, 4.69) is 12.1 Å². The van der Waals surface area contributed by atoms with E-state index in [1.54, 1.807) is 13.0 Å². The number of nitrogens with zero attached hydrogens (tertiary/aromatic N) is 1. The van der Waals surface area contributed by atoms with E-state index in [9.17, 15) is 14.4 Å². The Hall–Kier alpha value is -2.96. The first-order valence-electron chi connectivity index (χ1n) is 10.8. The number of rotatable bonds is 12. The molecular weight excluding hydrogens is 398 g/mol. The van der Waals surface area contributed by atoms with Crippen LogP contribution in [-0.2, 0) is 9.63 Å². The zero-order chi connectivity index (χ0) is 22.8. The third kappa shape index (κ3) is 6.03. The fraction of sp³-hybridized carbons (Fsp3) is 0.500. The Morgan fingerprint density at radius 1 is 0.903 bits per heavy atom. The molecule has 0 radical (unpaired) electrons. The normalized spacial score (nSPS) is 13.2. The monoisotopic (exact) mass is 429 g/mol. The standard InChI is InChI=1S/C24H31NO6/c1-5-7-8-9-10-11-12-17(25-31-21(28)6-2)16-15-20(29-3)22-18(26)13-14-19(27)23(22)24(16)30-4/h13-15H,5-12H2,1-4H3. The second kappa shape index (κ2) is 12.0. The Kier molecular flexibility index (Phi) is 9.43. The van der Waals surface area contributed by atoms with Crippen LogP contribution in [-0.4, -0.2) is 37.5 Å². The van der Waals surface area contributed by atoms with Crippen molar-refractivity contribution in [2.24, 2.45) is 5.16 Å². The Labute approximate surface area is 183 Å². The van der Waals surface area contributed by atoms with Gasteiger partial charge in [-0.2, -0.15) is 0 Å². The molecule has 0 atom stereocenters. The maximum atomic E-state index is 12.6. The van der Waals surface area contributed by atoms with E-state index in [4.69, 9.17) is 14.3 Å². The van der Waals surface area contributed by atoms with Crippen molar-refractivity contribution in [2.75, 3.05) is 14.2 Å². The number of unbranched alkanes of at least 4 members (excludes halogenated alkanes) is 5. The number of hydrogen-bond acceptors (Lipinski definition) is 7. The van der Waals surface area contributed by atoms with Crippen molar-refractivity contribution in [3.8, 4) is 11.5 Å². The molecule has 7 nitrogen and oxygen atoms in total. The molecule has 31 heavy (non-hydrogen) atoms. The first-order valence-corrected chi connectivity index (χ1v) is 10.8. The number of carbonyl (C=O) groups excluding carboxylic acids is 3. The van der Waals surface area contributed by atoms with Gasteiger partial charge in [-0.3, -0.25) is 9.59 Å². The zero-order valence-corrected chi connectivity index (χ0v) is 18.8. The molecule has 1 aromatic carbocycles. The van der Waals surface area contributed by atoms with Crippen LogP contribution >= 0.6 is 0 Å². The SMILES string of the molecule is CCCCCCCCC(=NOC(=O)CC)c1cc(OC)c2c(c1OC)C(=O)C=CC2=O. The lowest BCUT2D eigenvalue weighted by Crippen LogP contribution is -2.18. The molecule has 0 unspecified atom stereocenters. The minimum absolute atomic E-state index is 0.141. The predicted octanol–water partition coefficient (Wildman–Crippen LogP) is 5.05. The summed E-state index contributed by atoms with van der Waals surface area (Å²) in [5.41, 5.74) is 1.26. The summed E-state index contributed by atoms with van der Waals surface area (Å²) in [6.45, 7) is 3.86. The van der Waals surface area contributed by atoms with Gasteiger partial charge in [-0.25, -0.2) is 4.79 Å². The van der Waals surface area contributed by atoms with Crippen LogP contribution in [0.25, 0.3) is 0 Å². The highest BCUT2D eigenvalue weighted by Gasteiger charge is 2.31. The summed E-state index contributed by atoms with van der Waals surface area (Å²) in [5, 5.41) is 4.09. The summed E-state index contributed by atoms with van der Waals surface area (Å²) >= 11 is 0. The van der Waals surface area contributed by atoms with Crippen molar-refractivity contribution in [3.05, 3.63) is 34.9 Å². The van der Waals surface area contributed by atoms with Crippen LogP contribution in [0.1, 0.15) is 91.5 Å². The first kappa shape index (κ1) is 24.3. The second-order valence-electron chi connectivity index (χ2n) is 7.34. The highest BCUT2D eigenvalue weighted by atomic mass is 16.7. The molecule has 168 valence electrons. The number of oxime groups is 1. The fourth-order valence-corrected chi connectivity index (χ4v) is 3.50. The summed E-state index contributed by atoms with van der Waals surface area (Å²) in [6, 6.07) is 1.62. The van der Waals surface area contributed by atoms with Crippen LogP contribution in [0, 0.1) is 0 Å². The second-order valence-corrected chi connectivity index (χ2v) is 7.34. The van der Waals surface area contributed by atoms with Crippen molar-refractivity contribution < 1.29 is 28.7 Å². The molecule has 1 aromatic rings. The largest absolute Gasteiger partial charge is 0.496 e. The van der Waals surface area contributed by atoms with Gasteiger partial charge in [0.05, 0.1) is 31.1 Å². The third-order valence-electron chi connectivity index (χ3n) is 5.17. The molecule has 1 aliphatic carbocycles. The average Bonchev–Trinajstić information content (AvgIpc) is 2.79. The molecule has 0 saturated carbocycles. The van der Waals surface area contributed by atoms with Gasteiger partial charge in [0.2, 0.25) is 0 Å². The maximum absolute atomic E-state index is 12.6. The molecule has 0 bridgehead atoms. The van der Waals surface area contributed by atoms with E-state index < -0.39 is 5.97 Å². The Morgan fingerprint density at radius 3 is 2.16 bits per heavy atom. The van der Waals surface area contributed by atoms with E-state index in [-0.39, 0.29) is 40.6 Å². The molecule has 0 N–H and O–H groups in total. The van der Waals surface area contributed by atoms with Crippen molar-refractivity contribution in [1.82, 2.24) is 0 Å². The molecule has 0 spiro atoms. The first-order chi connectivity index (χ1) is 15.0. The van der Waals surface area contributed by atoms with Gasteiger partial charge in [0.1, 0.15) is 11.5 Å². The van der Waals surface area contributed by atoms with Crippen LogP contribution in [0.2, 0.25) is 0 Å². The molecule has 0 fully saturated rings. The molecule has 0 heterocycles. The minimum atomic E-state index is -0.460. The zero-order valence-electron chi connectivity index (χ0n) is 18.8. The summed E-state index contributed by atoms with van der Waals surface area (Å²) in [5.74, 6) is -0.653. The highest BCUT2D eigenvalue weighted by Crippen LogP contribution is 2.38. The van der Waals surface area contributed by atoms with Gasteiger partial charge >= 0.3 is 5.97 Å². The summed E-state index contributed by atoms with van der Waals surface area (Å²) < 4.78 is 11.0. The van der Waals surface area contributed by atoms with Gasteiger partial charge in [0.25, 0.3) is 0 Å². The van der Waals surface area contributed by atoms with Gasteiger partial charge in [0, 0.05) is 12.0 Å². The smallest absolute Gasteiger partial charge is 0.334 e. The lowest BCUT2D eigenvalue weighted by molar-refractivity contribution is -0.143. The number of carbonyl (C=O) groups is 3. The van der Waals surface area contributed by atoms with Crippen molar-refractivity contribution in [2.45, 2.75) is 65.2 Å². The van der Waals surface area contributed by atoms with Crippen LogP contribution in [0.15, 0.2) is 23.4 Å². The van der Waals surface area contributed by atoms with Crippen LogP contribution in [0.5, 0.6) is 11.5 Å². The molecule has 0 aromatic heterocycles. The Balaban J connectivity index is 2.46. The van der Waals surface area contributed by atoms with Crippen molar-refractivity contribution >= 4 is 23.2 Å². The van der Waals surface area contributed by atoms with Crippen LogP contribution in [0.4, 0.5) is 0 Å². The maximum Gasteiger partial charge on any atom is 0.334 e. The molecule has 2 rings (SSSR count). The number of ketones is 2. The Bertz CT molecular complexity index is 885. The summed E-state index contributed by atoms with van der Waals surface area (Å²) in [7, 11) is 2.87. The Morgan fingerprint density at radius 2 is 1.55 bits per heavy atom. The van der Waals surface area contributed by atoms with E-state index in [1.807, 2.05) is 0 Å². The van der Waals surface area contributed by atoms with Gasteiger partial charge in [-0.1, -0.05) is 51.1 Å². The number of fused-ring (bicyclic) bond motifs is 1. The molecule has 0 amide bonds. The quantitative estimate of drug-likeness (QED) is 0.200. The number of hydrogen-bond donors (Lipinski definition) is 0. The molecule has 1 aliphatic rings. The molecule has 0 saturated heterocycles. The number of methoxy groups -OCH3 is 2. The van der Waals surface area contributed by atoms with Crippen molar-refractivity contribution in [3.63, 3.8) is 0 Å². The predicted molar refractivity (Wildman–Crippen MR) is 118 cm³/mol. The molecule has 0 aliphatic heterocycles. The van der Waals surface area contributed by atoms with E-state index >= 15 is 0 Å². The minimum Gasteiger partial charge on any atom is -0.496 e. The number of benzene rings is 1. The molecule has 7 heteroatoms. The average molecular weight is 430 g/mol. The van der Waals surface area contributed by atoms with Crippen molar-refractivity contribution in [1.29, 1.82) is 0 Å². The van der Waals surface area contributed by atoms with E-state index in [0.29, 0.717) is 17.7 Å². The summed E-state index contributed by atoms with van der Waals surface area (Å²) in [6.07, 6.45) is 9.66. The van der Waals surface area contributed by atoms with Gasteiger partial charge in [0.15, 0.2) is 11.6 Å². The van der Waals surface area contributed by atoms with Gasteiger partial charge in [-0.05, 0) is 31.1 Å². The summed E-state index contributed by atoms with van der Waals surface area (Å²) in [4.78, 5) is 41.8. The number of ether oxygens (including phenoxy) is 2. The topological polar surface area (TPSA) is 91.3 Å². The van der Waals surface area contributed by atoms with Crippen LogP contribution < -0.4 is 9.47 Å². The third-order valence-corrected chi connectivity index (χ3v) is 5.17. The van der Waals surface area contributed by atoms with E-state index in [0.717, 1.165) is 19.3 Å². The van der Waals surface area contributed by atoms with Gasteiger partial charge < -0.3 is 14.3 Å². The van der Waals surface area contributed by atoms with Crippen LogP contribution in [0.3, 0.4) is 0 Å². The van der Waals surface area contributed by atoms with Gasteiger partial charge in [-0.15, -0.1) is 0 Å².